The van der Waals surface area contributed by atoms with E-state index in [9.17, 15) is 0 Å². The SMILES string of the molecule is N.O=S(=O)(O)O.[H-].[K+]. The van der Waals surface area contributed by atoms with Crippen LogP contribution in [0.25, 0.3) is 0 Å². The molecule has 0 aliphatic carbocycles. The van der Waals surface area contributed by atoms with Gasteiger partial charge in [0.25, 0.3) is 0 Å². The van der Waals surface area contributed by atoms with Crippen LogP contribution in [0.3, 0.4) is 0 Å². The smallest absolute Gasteiger partial charge is 1.00 e. The van der Waals surface area contributed by atoms with Crippen LogP contribution in [0.1, 0.15) is 1.43 Å². The largest absolute Gasteiger partial charge is 1.00 e. The minimum atomic E-state index is -4.67. The molecule has 0 rings (SSSR count). The summed E-state index contributed by atoms with van der Waals surface area (Å²) in [7, 11) is -4.67. The van der Waals surface area contributed by atoms with Crippen LogP contribution >= 0.6 is 0 Å². The molecule has 7 heteroatoms. The minimum Gasteiger partial charge on any atom is -1.00 e. The van der Waals surface area contributed by atoms with E-state index in [-0.39, 0.29) is 59.0 Å². The molecule has 5 nitrogen and oxygen atoms in total. The molecule has 0 aliphatic rings. The van der Waals surface area contributed by atoms with Gasteiger partial charge in [-0.15, -0.1) is 0 Å². The van der Waals surface area contributed by atoms with Crippen LogP contribution in [0.2, 0.25) is 0 Å². The van der Waals surface area contributed by atoms with E-state index in [2.05, 4.69) is 0 Å². The van der Waals surface area contributed by atoms with Crippen LogP contribution in [0.5, 0.6) is 0 Å². The summed E-state index contributed by atoms with van der Waals surface area (Å²) in [5, 5.41) is 0. The van der Waals surface area contributed by atoms with Crippen LogP contribution in [-0.4, -0.2) is 17.5 Å². The molecule has 0 aromatic rings. The van der Waals surface area contributed by atoms with E-state index in [1.165, 1.54) is 0 Å². The van der Waals surface area contributed by atoms with E-state index < -0.39 is 10.4 Å². The van der Waals surface area contributed by atoms with Crippen molar-refractivity contribution in [1.29, 1.82) is 0 Å². The zero-order valence-electron chi connectivity index (χ0n) is 4.83. The van der Waals surface area contributed by atoms with Gasteiger partial charge in [-0.05, 0) is 0 Å². The average molecular weight is 155 g/mol. The third-order valence-electron chi connectivity index (χ3n) is 0. The van der Waals surface area contributed by atoms with Crippen molar-refractivity contribution in [2.75, 3.05) is 0 Å². The Morgan fingerprint density at radius 2 is 1.29 bits per heavy atom. The molecule has 0 aliphatic heterocycles. The topological polar surface area (TPSA) is 110 Å². The Morgan fingerprint density at radius 1 is 1.29 bits per heavy atom. The summed E-state index contributed by atoms with van der Waals surface area (Å²) in [6.07, 6.45) is 0. The molecule has 5 N–H and O–H groups in total. The molecule has 0 atom stereocenters. The van der Waals surface area contributed by atoms with Crippen molar-refractivity contribution in [1.82, 2.24) is 6.15 Å². The maximum absolute atomic E-state index is 8.74. The quantitative estimate of drug-likeness (QED) is 0.250. The summed E-state index contributed by atoms with van der Waals surface area (Å²) >= 11 is 0. The fraction of sp³-hybridized carbons (Fsp3) is 0. The van der Waals surface area contributed by atoms with Gasteiger partial charge in [-0.1, -0.05) is 0 Å². The van der Waals surface area contributed by atoms with Crippen molar-refractivity contribution in [3.63, 3.8) is 0 Å². The second-order valence-corrected chi connectivity index (χ2v) is 1.34. The Balaban J connectivity index is -0.0000000267. The van der Waals surface area contributed by atoms with Crippen LogP contribution in [-0.2, 0) is 10.4 Å². The summed E-state index contributed by atoms with van der Waals surface area (Å²) in [5.41, 5.74) is 0. The molecule has 0 saturated carbocycles. The maximum Gasteiger partial charge on any atom is 1.00 e. The zero-order chi connectivity index (χ0) is 4.50. The van der Waals surface area contributed by atoms with Gasteiger partial charge in [0.15, 0.2) is 0 Å². The van der Waals surface area contributed by atoms with Gasteiger partial charge in [-0.2, -0.15) is 8.42 Å². The first kappa shape index (κ1) is 15.8. The molecule has 0 bridgehead atoms. The molecule has 0 aromatic heterocycles. The normalized spacial score (nSPS) is 8.29. The fourth-order valence-corrected chi connectivity index (χ4v) is 0. The third kappa shape index (κ3) is 104. The van der Waals surface area contributed by atoms with E-state index in [1.54, 1.807) is 0 Å². The molecule has 7 heavy (non-hydrogen) atoms. The third-order valence-corrected chi connectivity index (χ3v) is 0. The minimum absolute atomic E-state index is 0. The molecule has 0 saturated heterocycles. The summed E-state index contributed by atoms with van der Waals surface area (Å²) in [4.78, 5) is 0. The van der Waals surface area contributed by atoms with Gasteiger partial charge < -0.3 is 7.58 Å². The van der Waals surface area contributed by atoms with Gasteiger partial charge in [-0.3, -0.25) is 9.11 Å². The molecule has 0 aromatic carbocycles. The zero-order valence-corrected chi connectivity index (χ0v) is 7.77. The Hall–Kier alpha value is 1.47. The maximum atomic E-state index is 8.74. The van der Waals surface area contributed by atoms with E-state index in [1.807, 2.05) is 0 Å². The molecular weight excluding hydrogens is 149 g/mol. The van der Waals surface area contributed by atoms with Crippen molar-refractivity contribution in [2.45, 2.75) is 0 Å². The van der Waals surface area contributed by atoms with Crippen molar-refractivity contribution in [3.05, 3.63) is 0 Å². The van der Waals surface area contributed by atoms with Crippen molar-refractivity contribution < 1.29 is 70.3 Å². The fourth-order valence-electron chi connectivity index (χ4n) is 0. The van der Waals surface area contributed by atoms with Gasteiger partial charge in [0, 0.05) is 0 Å². The molecule has 0 fully saturated rings. The Bertz CT molecular complexity index is 99.2. The standard InChI is InChI=1S/K.H3N.H2O4S.H/c;;1-5(2,3)4;/h;1H3;(H2,1,2,3,4);/q+1;;;-1. The van der Waals surface area contributed by atoms with Crippen LogP contribution in [0.4, 0.5) is 0 Å². The second kappa shape index (κ2) is 5.60. The van der Waals surface area contributed by atoms with E-state index in [0.717, 1.165) is 0 Å². The van der Waals surface area contributed by atoms with Crippen LogP contribution in [0.15, 0.2) is 0 Å². The van der Waals surface area contributed by atoms with Crippen LogP contribution < -0.4 is 57.5 Å². The Morgan fingerprint density at radius 3 is 1.29 bits per heavy atom. The van der Waals surface area contributed by atoms with E-state index >= 15 is 0 Å². The van der Waals surface area contributed by atoms with Crippen molar-refractivity contribution in [3.8, 4) is 0 Å². The molecule has 0 amide bonds. The summed E-state index contributed by atoms with van der Waals surface area (Å²) in [6, 6.07) is 0. The predicted octanol–water partition coefficient (Wildman–Crippen LogP) is -3.37. The second-order valence-electron chi connectivity index (χ2n) is 0.448. The molecule has 42 valence electrons. The molecular formula is H6KNO4S. The average Bonchev–Trinajstić information content (AvgIpc) is 0.722. The number of hydrogen-bond donors (Lipinski definition) is 3. The van der Waals surface area contributed by atoms with Crippen LogP contribution in [0, 0.1) is 0 Å². The first-order valence-corrected chi connectivity index (χ1v) is 2.10. The van der Waals surface area contributed by atoms with Gasteiger partial charge in [0.2, 0.25) is 0 Å². The summed E-state index contributed by atoms with van der Waals surface area (Å²) in [6.45, 7) is 0. The first-order chi connectivity index (χ1) is 2.00. The Labute approximate surface area is 85.5 Å². The number of rotatable bonds is 0. The summed E-state index contributed by atoms with van der Waals surface area (Å²) in [5.74, 6) is 0. The van der Waals surface area contributed by atoms with E-state index in [4.69, 9.17) is 17.5 Å². The van der Waals surface area contributed by atoms with Crippen molar-refractivity contribution >= 4 is 10.4 Å². The monoisotopic (exact) mass is 155 g/mol. The van der Waals surface area contributed by atoms with Crippen molar-refractivity contribution in [2.24, 2.45) is 0 Å². The first-order valence-electron chi connectivity index (χ1n) is 0.698. The molecule has 0 spiro atoms. The molecule has 0 radical (unpaired) electrons. The molecule has 0 heterocycles. The van der Waals surface area contributed by atoms with Gasteiger partial charge in [0.05, 0.1) is 0 Å². The Kier molecular flexibility index (Phi) is 12.6. The predicted molar refractivity (Wildman–Crippen MR) is 20.3 cm³/mol. The summed E-state index contributed by atoms with van der Waals surface area (Å²) < 4.78 is 31.6. The van der Waals surface area contributed by atoms with Gasteiger partial charge in [-0.25, -0.2) is 0 Å². The number of hydrogen-bond acceptors (Lipinski definition) is 3. The van der Waals surface area contributed by atoms with Gasteiger partial charge >= 0.3 is 61.8 Å². The molecule has 0 unspecified atom stereocenters. The van der Waals surface area contributed by atoms with Gasteiger partial charge in [0.1, 0.15) is 0 Å². The van der Waals surface area contributed by atoms with E-state index in [0.29, 0.717) is 0 Å².